The van der Waals surface area contributed by atoms with Gasteiger partial charge in [0.2, 0.25) is 0 Å². The van der Waals surface area contributed by atoms with Crippen molar-refractivity contribution >= 4 is 17.3 Å². The third-order valence-corrected chi connectivity index (χ3v) is 5.17. The van der Waals surface area contributed by atoms with Gasteiger partial charge < -0.3 is 14.5 Å². The van der Waals surface area contributed by atoms with Gasteiger partial charge in [-0.25, -0.2) is 4.98 Å². The summed E-state index contributed by atoms with van der Waals surface area (Å²) in [6.45, 7) is 9.26. The summed E-state index contributed by atoms with van der Waals surface area (Å²) >= 11 is 0. The lowest BCUT2D eigenvalue weighted by Gasteiger charge is -2.36. The SMILES string of the molecule is CCOc1ccccc1N1CCN(Cc2nc3nc(C)cc(N(C)C)n3n2)CC1. The van der Waals surface area contributed by atoms with Gasteiger partial charge in [0.1, 0.15) is 11.6 Å². The van der Waals surface area contributed by atoms with E-state index in [0.717, 1.165) is 55.8 Å². The number of benzene rings is 1. The first-order valence-electron chi connectivity index (χ1n) is 10.1. The molecule has 1 saturated heterocycles. The minimum absolute atomic E-state index is 0.660. The molecule has 29 heavy (non-hydrogen) atoms. The molecular weight excluding hydrogens is 366 g/mol. The topological polar surface area (TPSA) is 62.0 Å². The average Bonchev–Trinajstić information content (AvgIpc) is 3.10. The molecule has 1 aromatic carbocycles. The van der Waals surface area contributed by atoms with Crippen LogP contribution in [0.15, 0.2) is 30.3 Å². The summed E-state index contributed by atoms with van der Waals surface area (Å²) in [5, 5.41) is 4.71. The zero-order valence-electron chi connectivity index (χ0n) is 17.7. The van der Waals surface area contributed by atoms with Crippen LogP contribution in [0, 0.1) is 6.92 Å². The standard InChI is InChI=1S/C21H29N7O/c1-5-29-18-9-7-6-8-17(18)27-12-10-26(11-13-27)15-19-23-21-22-16(2)14-20(25(3)4)28(21)24-19/h6-9,14H,5,10-13,15H2,1-4H3. The van der Waals surface area contributed by atoms with Crippen LogP contribution >= 0.6 is 0 Å². The van der Waals surface area contributed by atoms with Crippen molar-refractivity contribution in [3.05, 3.63) is 41.9 Å². The number of aryl methyl sites for hydroxylation is 1. The van der Waals surface area contributed by atoms with Gasteiger partial charge in [0.15, 0.2) is 5.82 Å². The third-order valence-electron chi connectivity index (χ3n) is 5.17. The number of hydrogen-bond acceptors (Lipinski definition) is 7. The van der Waals surface area contributed by atoms with Crippen molar-refractivity contribution in [3.63, 3.8) is 0 Å². The molecule has 0 saturated carbocycles. The highest BCUT2D eigenvalue weighted by Crippen LogP contribution is 2.29. The molecule has 1 aliphatic rings. The molecule has 2 aromatic heterocycles. The van der Waals surface area contributed by atoms with Crippen LogP contribution in [0.3, 0.4) is 0 Å². The Morgan fingerprint density at radius 3 is 2.55 bits per heavy atom. The van der Waals surface area contributed by atoms with Gasteiger partial charge in [0.05, 0.1) is 18.8 Å². The fraction of sp³-hybridized carbons (Fsp3) is 0.476. The van der Waals surface area contributed by atoms with Gasteiger partial charge in [0, 0.05) is 52.0 Å². The summed E-state index contributed by atoms with van der Waals surface area (Å²) < 4.78 is 7.63. The molecule has 0 amide bonds. The third kappa shape index (κ3) is 4.12. The molecule has 8 nitrogen and oxygen atoms in total. The summed E-state index contributed by atoms with van der Waals surface area (Å²) in [5.74, 6) is 3.43. The fourth-order valence-electron chi connectivity index (χ4n) is 3.74. The quantitative estimate of drug-likeness (QED) is 0.634. The van der Waals surface area contributed by atoms with Crippen LogP contribution in [0.25, 0.3) is 5.78 Å². The predicted octanol–water partition coefficient (Wildman–Crippen LogP) is 2.22. The first-order chi connectivity index (χ1) is 14.0. The van der Waals surface area contributed by atoms with Crippen LogP contribution in [0.4, 0.5) is 11.5 Å². The molecule has 0 aliphatic carbocycles. The number of ether oxygens (including phenoxy) is 1. The molecule has 0 spiro atoms. The molecule has 1 fully saturated rings. The number of nitrogens with zero attached hydrogens (tertiary/aromatic N) is 7. The van der Waals surface area contributed by atoms with E-state index in [9.17, 15) is 0 Å². The Labute approximate surface area is 171 Å². The second-order valence-corrected chi connectivity index (χ2v) is 7.55. The summed E-state index contributed by atoms with van der Waals surface area (Å²) in [6, 6.07) is 10.3. The lowest BCUT2D eigenvalue weighted by atomic mass is 10.2. The zero-order valence-corrected chi connectivity index (χ0v) is 17.7. The van der Waals surface area contributed by atoms with Crippen molar-refractivity contribution in [2.75, 3.05) is 56.7 Å². The number of aromatic nitrogens is 4. The number of fused-ring (bicyclic) bond motifs is 1. The Bertz CT molecular complexity index is 976. The van der Waals surface area contributed by atoms with Gasteiger partial charge in [-0.2, -0.15) is 9.50 Å². The molecular formula is C21H29N7O. The van der Waals surface area contributed by atoms with Crippen molar-refractivity contribution in [1.29, 1.82) is 0 Å². The van der Waals surface area contributed by atoms with E-state index in [4.69, 9.17) is 9.84 Å². The van der Waals surface area contributed by atoms with Crippen LogP contribution in [0.2, 0.25) is 0 Å². The number of para-hydroxylation sites is 2. The van der Waals surface area contributed by atoms with E-state index in [2.05, 4.69) is 31.9 Å². The summed E-state index contributed by atoms with van der Waals surface area (Å²) in [4.78, 5) is 16.0. The van der Waals surface area contributed by atoms with E-state index >= 15 is 0 Å². The van der Waals surface area contributed by atoms with Crippen LogP contribution in [-0.2, 0) is 6.54 Å². The van der Waals surface area contributed by atoms with Crippen LogP contribution in [-0.4, -0.2) is 71.4 Å². The van der Waals surface area contributed by atoms with Gasteiger partial charge in [-0.05, 0) is 26.0 Å². The summed E-state index contributed by atoms with van der Waals surface area (Å²) in [7, 11) is 4.02. The van der Waals surface area contributed by atoms with Gasteiger partial charge in [-0.15, -0.1) is 5.10 Å². The molecule has 0 N–H and O–H groups in total. The number of anilines is 2. The van der Waals surface area contributed by atoms with Crippen LogP contribution in [0.5, 0.6) is 5.75 Å². The summed E-state index contributed by atoms with van der Waals surface area (Å²) in [6.07, 6.45) is 0. The number of hydrogen-bond donors (Lipinski definition) is 0. The normalized spacial score (nSPS) is 15.1. The largest absolute Gasteiger partial charge is 0.492 e. The highest BCUT2D eigenvalue weighted by atomic mass is 16.5. The average molecular weight is 396 g/mol. The molecule has 0 unspecified atom stereocenters. The van der Waals surface area contributed by atoms with E-state index in [1.165, 1.54) is 5.69 Å². The molecule has 154 valence electrons. The highest BCUT2D eigenvalue weighted by molar-refractivity contribution is 5.58. The van der Waals surface area contributed by atoms with Crippen LogP contribution in [0.1, 0.15) is 18.4 Å². The first kappa shape index (κ1) is 19.4. The Balaban J connectivity index is 1.44. The van der Waals surface area contributed by atoms with E-state index in [0.29, 0.717) is 12.4 Å². The van der Waals surface area contributed by atoms with Gasteiger partial charge in [0.25, 0.3) is 5.78 Å². The summed E-state index contributed by atoms with van der Waals surface area (Å²) in [5.41, 5.74) is 2.12. The smallest absolute Gasteiger partial charge is 0.254 e. The zero-order chi connectivity index (χ0) is 20.4. The van der Waals surface area contributed by atoms with E-state index in [1.54, 1.807) is 0 Å². The van der Waals surface area contributed by atoms with Crippen molar-refractivity contribution in [2.24, 2.45) is 0 Å². The Kier molecular flexibility index (Phi) is 5.53. The van der Waals surface area contributed by atoms with Crippen molar-refractivity contribution in [3.8, 4) is 5.75 Å². The minimum Gasteiger partial charge on any atom is -0.492 e. The Morgan fingerprint density at radius 2 is 1.83 bits per heavy atom. The lowest BCUT2D eigenvalue weighted by molar-refractivity contribution is 0.243. The molecule has 3 aromatic rings. The molecule has 8 heteroatoms. The lowest BCUT2D eigenvalue weighted by Crippen LogP contribution is -2.46. The first-order valence-corrected chi connectivity index (χ1v) is 10.1. The molecule has 4 rings (SSSR count). The molecule has 3 heterocycles. The van der Waals surface area contributed by atoms with E-state index < -0.39 is 0 Å². The van der Waals surface area contributed by atoms with Crippen molar-refractivity contribution in [2.45, 2.75) is 20.4 Å². The monoisotopic (exact) mass is 395 g/mol. The molecule has 0 bridgehead atoms. The second-order valence-electron chi connectivity index (χ2n) is 7.55. The Hall–Kier alpha value is -2.87. The van der Waals surface area contributed by atoms with E-state index in [-0.39, 0.29) is 0 Å². The second kappa shape index (κ2) is 8.24. The maximum absolute atomic E-state index is 5.80. The molecule has 0 atom stereocenters. The highest BCUT2D eigenvalue weighted by Gasteiger charge is 2.21. The maximum atomic E-state index is 5.80. The molecule has 0 radical (unpaired) electrons. The van der Waals surface area contributed by atoms with Gasteiger partial charge >= 0.3 is 0 Å². The molecule has 1 aliphatic heterocycles. The van der Waals surface area contributed by atoms with Crippen molar-refractivity contribution < 1.29 is 4.74 Å². The number of rotatable bonds is 6. The predicted molar refractivity (Wildman–Crippen MR) is 115 cm³/mol. The van der Waals surface area contributed by atoms with Crippen molar-refractivity contribution in [1.82, 2.24) is 24.5 Å². The minimum atomic E-state index is 0.660. The maximum Gasteiger partial charge on any atom is 0.254 e. The Morgan fingerprint density at radius 1 is 1.07 bits per heavy atom. The fourth-order valence-corrected chi connectivity index (χ4v) is 3.74. The van der Waals surface area contributed by atoms with E-state index in [1.807, 2.05) is 55.6 Å². The van der Waals surface area contributed by atoms with Gasteiger partial charge in [-0.3, -0.25) is 4.90 Å². The van der Waals surface area contributed by atoms with Crippen LogP contribution < -0.4 is 14.5 Å². The number of piperazine rings is 1. The van der Waals surface area contributed by atoms with Gasteiger partial charge in [-0.1, -0.05) is 12.1 Å².